The second-order valence-electron chi connectivity index (χ2n) is 2.91. The number of aromatic hydroxyl groups is 1. The van der Waals surface area contributed by atoms with Crippen LogP contribution in [0.25, 0.3) is 0 Å². The lowest BCUT2D eigenvalue weighted by Crippen LogP contribution is -1.94. The molecule has 76 valence electrons. The molecular weight excluding hydrogens is 191 g/mol. The van der Waals surface area contributed by atoms with Crippen molar-refractivity contribution >= 4 is 0 Å². The predicted molar refractivity (Wildman–Crippen MR) is 45.0 cm³/mol. The monoisotopic (exact) mass is 200 g/mol. The van der Waals surface area contributed by atoms with Gasteiger partial charge in [-0.3, -0.25) is 0 Å². The van der Waals surface area contributed by atoms with Gasteiger partial charge in [0.05, 0.1) is 0 Å². The third-order valence-electron chi connectivity index (χ3n) is 2.04. The van der Waals surface area contributed by atoms with Crippen molar-refractivity contribution in [3.63, 3.8) is 0 Å². The fourth-order valence-electron chi connectivity index (χ4n) is 1.35. The van der Waals surface area contributed by atoms with E-state index in [9.17, 15) is 9.50 Å². The third kappa shape index (κ3) is 1.26. The molecule has 2 rings (SSSR count). The maximum absolute atomic E-state index is 13.4. The molecule has 1 aromatic carbocycles. The van der Waals surface area contributed by atoms with E-state index in [1.165, 1.54) is 6.07 Å². The molecule has 0 unspecified atom stereocenters. The first-order valence-corrected chi connectivity index (χ1v) is 4.15. The normalized spacial score (nSPS) is 13.3. The van der Waals surface area contributed by atoms with Gasteiger partial charge in [0, 0.05) is 12.2 Å². The molecule has 0 radical (unpaired) electrons. The Kier molecular flexibility index (Phi) is 2.17. The van der Waals surface area contributed by atoms with Gasteiger partial charge in [-0.25, -0.2) is 0 Å². The van der Waals surface area contributed by atoms with Crippen molar-refractivity contribution in [1.82, 2.24) is 0 Å². The number of ether oxygens (including phenoxy) is 2. The molecular formula is C9H9FO4. The van der Waals surface area contributed by atoms with E-state index in [1.54, 1.807) is 0 Å². The first-order valence-electron chi connectivity index (χ1n) is 4.15. The van der Waals surface area contributed by atoms with E-state index in [4.69, 9.17) is 14.6 Å². The summed E-state index contributed by atoms with van der Waals surface area (Å²) in [4.78, 5) is 0. The van der Waals surface area contributed by atoms with Crippen LogP contribution in [0.5, 0.6) is 17.2 Å². The summed E-state index contributed by atoms with van der Waals surface area (Å²) in [5.74, 6) is -1.11. The van der Waals surface area contributed by atoms with Crippen molar-refractivity contribution < 1.29 is 24.1 Å². The van der Waals surface area contributed by atoms with Crippen LogP contribution in [0.15, 0.2) is 6.07 Å². The van der Waals surface area contributed by atoms with E-state index in [0.29, 0.717) is 5.56 Å². The van der Waals surface area contributed by atoms with Gasteiger partial charge in [0.2, 0.25) is 18.4 Å². The van der Waals surface area contributed by atoms with Gasteiger partial charge < -0.3 is 19.7 Å². The van der Waals surface area contributed by atoms with E-state index in [2.05, 4.69) is 0 Å². The van der Waals surface area contributed by atoms with Gasteiger partial charge >= 0.3 is 0 Å². The minimum atomic E-state index is -0.830. The number of hydrogen-bond donors (Lipinski definition) is 2. The standard InChI is InChI=1S/C9H9FO4/c10-7-8(12)5(1-2-11)3-6-9(7)14-4-13-6/h3,11-12H,1-2,4H2. The summed E-state index contributed by atoms with van der Waals surface area (Å²) in [5.41, 5.74) is 0.314. The topological polar surface area (TPSA) is 58.9 Å². The van der Waals surface area contributed by atoms with Gasteiger partial charge in [0.25, 0.3) is 0 Å². The lowest BCUT2D eigenvalue weighted by molar-refractivity contribution is 0.170. The van der Waals surface area contributed by atoms with E-state index in [0.717, 1.165) is 0 Å². The van der Waals surface area contributed by atoms with Crippen molar-refractivity contribution in [2.75, 3.05) is 13.4 Å². The lowest BCUT2D eigenvalue weighted by atomic mass is 10.1. The number of benzene rings is 1. The minimum absolute atomic E-state index is 0.0473. The van der Waals surface area contributed by atoms with Gasteiger partial charge in [-0.2, -0.15) is 4.39 Å². The number of aliphatic hydroxyl groups is 1. The molecule has 5 heteroatoms. The molecule has 0 aromatic heterocycles. The van der Waals surface area contributed by atoms with Crippen LogP contribution in [0.2, 0.25) is 0 Å². The van der Waals surface area contributed by atoms with Crippen LogP contribution < -0.4 is 9.47 Å². The number of halogens is 1. The molecule has 0 amide bonds. The summed E-state index contributed by atoms with van der Waals surface area (Å²) in [6, 6.07) is 1.47. The highest BCUT2D eigenvalue weighted by molar-refractivity contribution is 5.52. The summed E-state index contributed by atoms with van der Waals surface area (Å²) in [6.45, 7) is -0.207. The van der Waals surface area contributed by atoms with Gasteiger partial charge in [-0.15, -0.1) is 0 Å². The predicted octanol–water partition coefficient (Wildman–Crippen LogP) is 0.795. The van der Waals surface area contributed by atoms with Crippen LogP contribution in [0.1, 0.15) is 5.56 Å². The maximum atomic E-state index is 13.4. The molecule has 14 heavy (non-hydrogen) atoms. The van der Waals surface area contributed by atoms with Crippen LogP contribution in [0, 0.1) is 5.82 Å². The number of phenols is 1. The Bertz CT molecular complexity index is 364. The molecule has 0 saturated carbocycles. The third-order valence-corrected chi connectivity index (χ3v) is 2.04. The molecule has 1 aromatic rings. The molecule has 0 bridgehead atoms. The van der Waals surface area contributed by atoms with Crippen LogP contribution in [0.4, 0.5) is 4.39 Å². The number of phenolic OH excluding ortho intramolecular Hbond substituents is 1. The van der Waals surface area contributed by atoms with Gasteiger partial charge in [0.1, 0.15) is 0 Å². The number of aliphatic hydroxyl groups excluding tert-OH is 1. The summed E-state index contributed by atoms with van der Waals surface area (Å²) in [5, 5.41) is 18.0. The Hall–Kier alpha value is -1.49. The Labute approximate surface area is 79.5 Å². The molecule has 4 nitrogen and oxygen atoms in total. The van der Waals surface area contributed by atoms with E-state index >= 15 is 0 Å². The molecule has 1 heterocycles. The van der Waals surface area contributed by atoms with Crippen LogP contribution in [-0.2, 0) is 6.42 Å². The second kappa shape index (κ2) is 3.34. The summed E-state index contributed by atoms with van der Waals surface area (Å²) in [6.07, 6.45) is 0.180. The Balaban J connectivity index is 2.49. The number of hydrogen-bond acceptors (Lipinski definition) is 4. The lowest BCUT2D eigenvalue weighted by Gasteiger charge is -2.06. The molecule has 0 atom stereocenters. The Morgan fingerprint density at radius 3 is 2.93 bits per heavy atom. The van der Waals surface area contributed by atoms with Crippen molar-refractivity contribution in [3.8, 4) is 17.2 Å². The van der Waals surface area contributed by atoms with Gasteiger partial charge in [0.15, 0.2) is 11.5 Å². The molecule has 0 spiro atoms. The minimum Gasteiger partial charge on any atom is -0.505 e. The fourth-order valence-corrected chi connectivity index (χ4v) is 1.35. The van der Waals surface area contributed by atoms with E-state index in [-0.39, 0.29) is 31.3 Å². The van der Waals surface area contributed by atoms with Crippen molar-refractivity contribution in [3.05, 3.63) is 17.4 Å². The smallest absolute Gasteiger partial charge is 0.231 e. The zero-order valence-electron chi connectivity index (χ0n) is 7.29. The summed E-state index contributed by atoms with van der Waals surface area (Å²) < 4.78 is 23.1. The van der Waals surface area contributed by atoms with Crippen molar-refractivity contribution in [2.24, 2.45) is 0 Å². The molecule has 1 aliphatic heterocycles. The number of fused-ring (bicyclic) bond motifs is 1. The SMILES string of the molecule is OCCc1cc2c(c(F)c1O)OCO2. The Morgan fingerprint density at radius 2 is 2.21 bits per heavy atom. The quantitative estimate of drug-likeness (QED) is 0.741. The van der Waals surface area contributed by atoms with Crippen molar-refractivity contribution in [1.29, 1.82) is 0 Å². The summed E-state index contributed by atoms with van der Waals surface area (Å²) in [7, 11) is 0. The average Bonchev–Trinajstić information content (AvgIpc) is 2.62. The molecule has 1 aliphatic rings. The van der Waals surface area contributed by atoms with Gasteiger partial charge in [-0.05, 0) is 12.5 Å². The van der Waals surface area contributed by atoms with E-state index in [1.807, 2.05) is 0 Å². The highest BCUT2D eigenvalue weighted by atomic mass is 19.1. The zero-order valence-corrected chi connectivity index (χ0v) is 7.29. The fraction of sp³-hybridized carbons (Fsp3) is 0.333. The van der Waals surface area contributed by atoms with Crippen LogP contribution in [-0.4, -0.2) is 23.6 Å². The largest absolute Gasteiger partial charge is 0.505 e. The molecule has 0 aliphatic carbocycles. The average molecular weight is 200 g/mol. The molecule has 0 saturated heterocycles. The van der Waals surface area contributed by atoms with E-state index < -0.39 is 11.6 Å². The van der Waals surface area contributed by atoms with Crippen LogP contribution >= 0.6 is 0 Å². The highest BCUT2D eigenvalue weighted by Crippen LogP contribution is 2.41. The number of rotatable bonds is 2. The zero-order chi connectivity index (χ0) is 10.1. The maximum Gasteiger partial charge on any atom is 0.231 e. The molecule has 2 N–H and O–H groups in total. The first kappa shape index (κ1) is 9.08. The van der Waals surface area contributed by atoms with Crippen LogP contribution in [0.3, 0.4) is 0 Å². The van der Waals surface area contributed by atoms with Gasteiger partial charge in [-0.1, -0.05) is 0 Å². The highest BCUT2D eigenvalue weighted by Gasteiger charge is 2.24. The second-order valence-corrected chi connectivity index (χ2v) is 2.91. The Morgan fingerprint density at radius 1 is 1.43 bits per heavy atom. The molecule has 0 fully saturated rings. The van der Waals surface area contributed by atoms with Crippen molar-refractivity contribution in [2.45, 2.75) is 6.42 Å². The first-order chi connectivity index (χ1) is 6.74. The summed E-state index contributed by atoms with van der Waals surface area (Å²) >= 11 is 0.